The molecule has 0 aliphatic carbocycles. The third-order valence-corrected chi connectivity index (χ3v) is 2.57. The Labute approximate surface area is 101 Å². The molecule has 0 aromatic heterocycles. The van der Waals surface area contributed by atoms with E-state index in [0.29, 0.717) is 10.0 Å². The second-order valence-electron chi connectivity index (χ2n) is 3.33. The topological polar surface area (TPSA) is 104 Å². The molecule has 88 valence electrons. The highest BCUT2D eigenvalue weighted by molar-refractivity contribution is 9.10. The number of benzene rings is 1. The molecule has 1 rings (SSSR count). The van der Waals surface area contributed by atoms with Gasteiger partial charge in [-0.15, -0.1) is 0 Å². The summed E-state index contributed by atoms with van der Waals surface area (Å²) in [6.07, 6.45) is -2.31. The lowest BCUT2D eigenvalue weighted by Gasteiger charge is -2.17. The van der Waals surface area contributed by atoms with Crippen molar-refractivity contribution < 1.29 is 20.1 Å². The van der Waals surface area contributed by atoms with Gasteiger partial charge >= 0.3 is 5.97 Å². The lowest BCUT2D eigenvalue weighted by Crippen LogP contribution is -2.27. The number of aromatic carboxylic acids is 1. The molecule has 1 aromatic rings. The van der Waals surface area contributed by atoms with Gasteiger partial charge in [0, 0.05) is 11.0 Å². The van der Waals surface area contributed by atoms with Crippen LogP contribution in [0.1, 0.15) is 22.0 Å². The maximum Gasteiger partial charge on any atom is 0.335 e. The Balaban J connectivity index is 3.09. The average Bonchev–Trinajstić information content (AvgIpc) is 2.26. The Hall–Kier alpha value is -0.950. The van der Waals surface area contributed by atoms with Crippen molar-refractivity contribution in [2.24, 2.45) is 5.73 Å². The van der Waals surface area contributed by atoms with Crippen LogP contribution in [0.4, 0.5) is 0 Å². The van der Waals surface area contributed by atoms with Crippen molar-refractivity contribution in [1.29, 1.82) is 0 Å². The van der Waals surface area contributed by atoms with Gasteiger partial charge in [0.1, 0.15) is 6.10 Å². The van der Waals surface area contributed by atoms with Gasteiger partial charge in [0.15, 0.2) is 0 Å². The van der Waals surface area contributed by atoms with Gasteiger partial charge in [-0.3, -0.25) is 0 Å². The number of aliphatic hydroxyl groups is 2. The quantitative estimate of drug-likeness (QED) is 0.646. The molecule has 1 aromatic carbocycles. The Morgan fingerprint density at radius 1 is 1.38 bits per heavy atom. The molecule has 5 N–H and O–H groups in total. The van der Waals surface area contributed by atoms with Crippen LogP contribution in [0.25, 0.3) is 0 Å². The molecule has 0 bridgehead atoms. The van der Waals surface area contributed by atoms with Gasteiger partial charge in [0.05, 0.1) is 11.7 Å². The summed E-state index contributed by atoms with van der Waals surface area (Å²) in [6.45, 7) is -0.101. The average molecular weight is 290 g/mol. The van der Waals surface area contributed by atoms with Crippen molar-refractivity contribution in [3.05, 3.63) is 33.8 Å². The van der Waals surface area contributed by atoms with Gasteiger partial charge in [-0.05, 0) is 23.8 Å². The van der Waals surface area contributed by atoms with Crippen LogP contribution in [0, 0.1) is 0 Å². The number of aliphatic hydroxyl groups excluding tert-OH is 2. The van der Waals surface area contributed by atoms with Gasteiger partial charge < -0.3 is 21.1 Å². The monoisotopic (exact) mass is 289 g/mol. The molecule has 0 heterocycles. The molecule has 6 heteroatoms. The second-order valence-corrected chi connectivity index (χ2v) is 4.24. The molecule has 0 aliphatic heterocycles. The van der Waals surface area contributed by atoms with Gasteiger partial charge in [0.2, 0.25) is 0 Å². The summed E-state index contributed by atoms with van der Waals surface area (Å²) in [6, 6.07) is 4.25. The fraction of sp³-hybridized carbons (Fsp3) is 0.300. The molecule has 0 spiro atoms. The molecular weight excluding hydrogens is 278 g/mol. The van der Waals surface area contributed by atoms with E-state index in [4.69, 9.17) is 10.8 Å². The summed E-state index contributed by atoms with van der Waals surface area (Å²) in [5.41, 5.74) is 5.55. The van der Waals surface area contributed by atoms with E-state index >= 15 is 0 Å². The highest BCUT2D eigenvalue weighted by atomic mass is 79.9. The van der Waals surface area contributed by atoms with E-state index in [1.807, 2.05) is 0 Å². The van der Waals surface area contributed by atoms with Crippen molar-refractivity contribution in [2.45, 2.75) is 12.2 Å². The van der Waals surface area contributed by atoms with Crippen molar-refractivity contribution in [3.63, 3.8) is 0 Å². The van der Waals surface area contributed by atoms with Crippen LogP contribution >= 0.6 is 15.9 Å². The minimum Gasteiger partial charge on any atom is -0.478 e. The number of nitrogens with two attached hydrogens (primary N) is 1. The van der Waals surface area contributed by atoms with E-state index in [2.05, 4.69) is 15.9 Å². The zero-order valence-electron chi connectivity index (χ0n) is 8.30. The van der Waals surface area contributed by atoms with Gasteiger partial charge in [-0.25, -0.2) is 4.79 Å². The fourth-order valence-corrected chi connectivity index (χ4v) is 1.77. The zero-order valence-corrected chi connectivity index (χ0v) is 9.89. The molecule has 0 aliphatic rings. The first kappa shape index (κ1) is 13.1. The van der Waals surface area contributed by atoms with Crippen molar-refractivity contribution in [2.75, 3.05) is 6.54 Å². The number of carbonyl (C=O) groups is 1. The second kappa shape index (κ2) is 5.40. The zero-order chi connectivity index (χ0) is 12.3. The summed E-state index contributed by atoms with van der Waals surface area (Å²) in [5.74, 6) is -1.10. The fourth-order valence-electron chi connectivity index (χ4n) is 1.26. The van der Waals surface area contributed by atoms with Crippen LogP contribution in [-0.2, 0) is 0 Å². The summed E-state index contributed by atoms with van der Waals surface area (Å²) in [7, 11) is 0. The van der Waals surface area contributed by atoms with Crippen molar-refractivity contribution in [3.8, 4) is 0 Å². The van der Waals surface area contributed by atoms with Crippen LogP contribution in [0.2, 0.25) is 0 Å². The van der Waals surface area contributed by atoms with Crippen LogP contribution < -0.4 is 5.73 Å². The molecule has 2 atom stereocenters. The van der Waals surface area contributed by atoms with Gasteiger partial charge in [0.25, 0.3) is 0 Å². The molecule has 5 nitrogen and oxygen atoms in total. The predicted molar refractivity (Wildman–Crippen MR) is 61.1 cm³/mol. The molecule has 0 radical (unpaired) electrons. The maximum absolute atomic E-state index is 10.8. The van der Waals surface area contributed by atoms with E-state index in [0.717, 1.165) is 0 Å². The first-order valence-corrected chi connectivity index (χ1v) is 5.35. The number of hydrogen-bond donors (Lipinski definition) is 4. The van der Waals surface area contributed by atoms with E-state index < -0.39 is 18.2 Å². The molecule has 0 saturated heterocycles. The summed E-state index contributed by atoms with van der Waals surface area (Å²) in [5, 5.41) is 27.9. The van der Waals surface area contributed by atoms with E-state index in [-0.39, 0.29) is 12.1 Å². The van der Waals surface area contributed by atoms with Crippen LogP contribution in [0.5, 0.6) is 0 Å². The van der Waals surface area contributed by atoms with Crippen LogP contribution in [0.15, 0.2) is 22.7 Å². The molecule has 2 unspecified atom stereocenters. The maximum atomic E-state index is 10.8. The van der Waals surface area contributed by atoms with Gasteiger partial charge in [-0.1, -0.05) is 15.9 Å². The van der Waals surface area contributed by atoms with Gasteiger partial charge in [-0.2, -0.15) is 0 Å². The Bertz CT molecular complexity index is 396. The normalized spacial score (nSPS) is 14.5. The predicted octanol–water partition coefficient (Wildman–Crippen LogP) is 0.500. The Kier molecular flexibility index (Phi) is 4.43. The molecule has 0 fully saturated rings. The van der Waals surface area contributed by atoms with Crippen LogP contribution in [0.3, 0.4) is 0 Å². The Morgan fingerprint density at radius 3 is 2.50 bits per heavy atom. The smallest absolute Gasteiger partial charge is 0.335 e. The number of rotatable bonds is 4. The number of hydrogen-bond acceptors (Lipinski definition) is 4. The highest BCUT2D eigenvalue weighted by Crippen LogP contribution is 2.23. The van der Waals surface area contributed by atoms with Crippen molar-refractivity contribution >= 4 is 21.9 Å². The standard InChI is InChI=1S/C10H12BrNO4/c11-7-2-5(9(14)8(13)4-12)1-6(3-7)10(15)16/h1-3,8-9,13-14H,4,12H2,(H,15,16). The number of halogens is 1. The first-order chi connectivity index (χ1) is 7.45. The SMILES string of the molecule is NCC(O)C(O)c1cc(Br)cc(C(=O)O)c1. The van der Waals surface area contributed by atoms with E-state index in [9.17, 15) is 15.0 Å². The summed E-state index contributed by atoms with van der Waals surface area (Å²) in [4.78, 5) is 10.8. The third kappa shape index (κ3) is 3.02. The molecular formula is C10H12BrNO4. The summed E-state index contributed by atoms with van der Waals surface area (Å²) >= 11 is 3.13. The van der Waals surface area contributed by atoms with Crippen molar-refractivity contribution in [1.82, 2.24) is 0 Å². The minimum atomic E-state index is -1.19. The lowest BCUT2D eigenvalue weighted by molar-refractivity contribution is 0.0242. The molecule has 0 saturated carbocycles. The number of carboxylic acids is 1. The van der Waals surface area contributed by atoms with Crippen LogP contribution in [-0.4, -0.2) is 33.9 Å². The third-order valence-electron chi connectivity index (χ3n) is 2.11. The summed E-state index contributed by atoms with van der Waals surface area (Å²) < 4.78 is 0.519. The molecule has 16 heavy (non-hydrogen) atoms. The minimum absolute atomic E-state index is 0.0349. The Morgan fingerprint density at radius 2 is 2.00 bits per heavy atom. The lowest BCUT2D eigenvalue weighted by atomic mass is 10.0. The molecule has 0 amide bonds. The largest absolute Gasteiger partial charge is 0.478 e. The number of carboxylic acid groups (broad SMARTS) is 1. The first-order valence-electron chi connectivity index (χ1n) is 4.55. The van der Waals surface area contributed by atoms with E-state index in [1.165, 1.54) is 18.2 Å². The highest BCUT2D eigenvalue weighted by Gasteiger charge is 2.18. The van der Waals surface area contributed by atoms with E-state index in [1.54, 1.807) is 0 Å².